The smallest absolute Gasteiger partial charge is 0.303 e. The normalized spacial score (nSPS) is 9.94. The molecule has 0 fully saturated rings. The number of carbonyl (C=O) groups is 2. The first-order valence-corrected chi connectivity index (χ1v) is 5.20. The summed E-state index contributed by atoms with van der Waals surface area (Å²) in [7, 11) is 1.79. The molecule has 0 atom stereocenters. The molecule has 0 radical (unpaired) electrons. The Labute approximate surface area is 99.1 Å². The minimum atomic E-state index is -0.822. The zero-order valence-electron chi connectivity index (χ0n) is 9.59. The zero-order chi connectivity index (χ0) is 12.8. The fraction of sp³-hybridized carbons (Fsp3) is 0.364. The van der Waals surface area contributed by atoms with E-state index in [9.17, 15) is 9.59 Å². The lowest BCUT2D eigenvalue weighted by Crippen LogP contribution is -2.22. The Morgan fingerprint density at radius 1 is 1.47 bits per heavy atom. The monoisotopic (exact) mass is 237 g/mol. The first-order chi connectivity index (χ1) is 8.00. The van der Waals surface area contributed by atoms with Gasteiger partial charge in [-0.15, -0.1) is 0 Å². The molecule has 17 heavy (non-hydrogen) atoms. The van der Waals surface area contributed by atoms with Crippen LogP contribution in [0.25, 0.3) is 0 Å². The van der Waals surface area contributed by atoms with E-state index in [0.717, 1.165) is 0 Å². The van der Waals surface area contributed by atoms with Crippen LogP contribution in [0.2, 0.25) is 0 Å². The number of primary amides is 1. The molecular formula is C11H15N3O3. The number of carboxylic acid groups (broad SMARTS) is 1. The number of nitrogens with zero attached hydrogens (tertiary/aromatic N) is 2. The van der Waals surface area contributed by atoms with Gasteiger partial charge in [0.05, 0.1) is 0 Å². The average molecular weight is 237 g/mol. The van der Waals surface area contributed by atoms with Crippen LogP contribution in [0.1, 0.15) is 23.3 Å². The molecule has 0 bridgehead atoms. The highest BCUT2D eigenvalue weighted by molar-refractivity contribution is 5.91. The van der Waals surface area contributed by atoms with E-state index in [1.54, 1.807) is 24.1 Å². The number of pyridine rings is 1. The molecule has 0 spiro atoms. The summed E-state index contributed by atoms with van der Waals surface area (Å²) in [5.41, 5.74) is 5.33. The van der Waals surface area contributed by atoms with Gasteiger partial charge in [0.1, 0.15) is 11.5 Å². The third kappa shape index (κ3) is 4.10. The summed E-state index contributed by atoms with van der Waals surface area (Å²) in [5.74, 6) is -0.797. The van der Waals surface area contributed by atoms with Crippen molar-refractivity contribution in [1.29, 1.82) is 0 Å². The van der Waals surface area contributed by atoms with Crippen molar-refractivity contribution in [2.24, 2.45) is 5.73 Å². The highest BCUT2D eigenvalue weighted by Crippen LogP contribution is 2.10. The second-order valence-corrected chi connectivity index (χ2v) is 3.66. The minimum absolute atomic E-state index is 0.111. The van der Waals surface area contributed by atoms with Gasteiger partial charge in [-0.25, -0.2) is 4.98 Å². The van der Waals surface area contributed by atoms with Crippen LogP contribution in [0.15, 0.2) is 18.2 Å². The molecule has 0 aromatic carbocycles. The van der Waals surface area contributed by atoms with Crippen molar-refractivity contribution in [3.8, 4) is 0 Å². The Kier molecular flexibility index (Phi) is 4.45. The summed E-state index contributed by atoms with van der Waals surface area (Å²) in [4.78, 5) is 27.2. The van der Waals surface area contributed by atoms with Crippen LogP contribution in [0, 0.1) is 0 Å². The summed E-state index contributed by atoms with van der Waals surface area (Å²) < 4.78 is 0. The summed E-state index contributed by atoms with van der Waals surface area (Å²) in [6, 6.07) is 4.97. The predicted octanol–water partition coefficient (Wildman–Crippen LogP) is 0.481. The number of nitrogens with two attached hydrogens (primary N) is 1. The molecule has 0 saturated carbocycles. The maximum atomic E-state index is 10.9. The third-order valence-electron chi connectivity index (χ3n) is 2.26. The highest BCUT2D eigenvalue weighted by atomic mass is 16.4. The van der Waals surface area contributed by atoms with E-state index < -0.39 is 11.9 Å². The van der Waals surface area contributed by atoms with E-state index >= 15 is 0 Å². The molecule has 0 unspecified atom stereocenters. The Balaban J connectivity index is 2.62. The van der Waals surface area contributed by atoms with Gasteiger partial charge in [-0.2, -0.15) is 0 Å². The van der Waals surface area contributed by atoms with Crippen LogP contribution >= 0.6 is 0 Å². The second kappa shape index (κ2) is 5.83. The van der Waals surface area contributed by atoms with Crippen LogP contribution in [0.5, 0.6) is 0 Å². The molecule has 6 heteroatoms. The van der Waals surface area contributed by atoms with E-state index in [1.165, 1.54) is 6.07 Å². The second-order valence-electron chi connectivity index (χ2n) is 3.66. The van der Waals surface area contributed by atoms with Crippen molar-refractivity contribution >= 4 is 17.7 Å². The fourth-order valence-corrected chi connectivity index (χ4v) is 1.36. The largest absolute Gasteiger partial charge is 0.481 e. The van der Waals surface area contributed by atoms with Crippen molar-refractivity contribution in [2.45, 2.75) is 12.8 Å². The topological polar surface area (TPSA) is 96.5 Å². The van der Waals surface area contributed by atoms with Gasteiger partial charge in [-0.05, 0) is 18.6 Å². The van der Waals surface area contributed by atoms with Crippen LogP contribution in [0.4, 0.5) is 5.82 Å². The molecule has 0 aliphatic heterocycles. The minimum Gasteiger partial charge on any atom is -0.481 e. The molecular weight excluding hydrogens is 222 g/mol. The molecule has 1 heterocycles. The first-order valence-electron chi connectivity index (χ1n) is 5.20. The molecule has 1 aromatic heterocycles. The maximum absolute atomic E-state index is 10.9. The molecule has 6 nitrogen and oxygen atoms in total. The molecule has 1 amide bonds. The van der Waals surface area contributed by atoms with Crippen molar-refractivity contribution in [3.63, 3.8) is 0 Å². The summed E-state index contributed by atoms with van der Waals surface area (Å²) >= 11 is 0. The van der Waals surface area contributed by atoms with E-state index in [2.05, 4.69) is 4.98 Å². The number of aromatic nitrogens is 1. The van der Waals surface area contributed by atoms with E-state index in [1.807, 2.05) is 0 Å². The molecule has 0 aliphatic carbocycles. The number of carboxylic acids is 1. The number of hydrogen-bond acceptors (Lipinski definition) is 4. The van der Waals surface area contributed by atoms with Crippen molar-refractivity contribution in [2.75, 3.05) is 18.5 Å². The van der Waals surface area contributed by atoms with Gasteiger partial charge in [0, 0.05) is 20.0 Å². The van der Waals surface area contributed by atoms with Gasteiger partial charge in [-0.3, -0.25) is 9.59 Å². The van der Waals surface area contributed by atoms with Crippen LogP contribution in [-0.4, -0.2) is 35.6 Å². The molecule has 92 valence electrons. The Morgan fingerprint density at radius 3 is 2.76 bits per heavy atom. The number of anilines is 1. The number of rotatable bonds is 6. The fourth-order valence-electron chi connectivity index (χ4n) is 1.36. The predicted molar refractivity (Wildman–Crippen MR) is 62.9 cm³/mol. The Morgan fingerprint density at radius 2 is 2.18 bits per heavy atom. The van der Waals surface area contributed by atoms with Gasteiger partial charge < -0.3 is 15.7 Å². The van der Waals surface area contributed by atoms with Crippen LogP contribution in [-0.2, 0) is 4.79 Å². The van der Waals surface area contributed by atoms with E-state index in [0.29, 0.717) is 18.8 Å². The number of aliphatic carboxylic acids is 1. The summed E-state index contributed by atoms with van der Waals surface area (Å²) in [5, 5.41) is 8.52. The quantitative estimate of drug-likeness (QED) is 0.750. The SMILES string of the molecule is CN(CCCC(=O)O)c1cccc(C(N)=O)n1. The van der Waals surface area contributed by atoms with Crippen LogP contribution < -0.4 is 10.6 Å². The van der Waals surface area contributed by atoms with Gasteiger partial charge in [0.25, 0.3) is 5.91 Å². The standard InChI is InChI=1S/C11H15N3O3/c1-14(7-3-6-10(15)16)9-5-2-4-8(13-9)11(12)17/h2,4-5H,3,6-7H2,1H3,(H2,12,17)(H,15,16). The van der Waals surface area contributed by atoms with Gasteiger partial charge >= 0.3 is 5.97 Å². The number of amides is 1. The Bertz CT molecular complexity index is 420. The molecule has 1 rings (SSSR count). The van der Waals surface area contributed by atoms with Crippen molar-refractivity contribution in [1.82, 2.24) is 4.98 Å². The highest BCUT2D eigenvalue weighted by Gasteiger charge is 2.07. The average Bonchev–Trinajstić information content (AvgIpc) is 2.28. The molecule has 0 aliphatic rings. The molecule has 3 N–H and O–H groups in total. The van der Waals surface area contributed by atoms with Crippen molar-refractivity contribution in [3.05, 3.63) is 23.9 Å². The third-order valence-corrected chi connectivity index (χ3v) is 2.26. The summed E-state index contributed by atoms with van der Waals surface area (Å²) in [6.07, 6.45) is 0.633. The zero-order valence-corrected chi connectivity index (χ0v) is 9.59. The number of carbonyl (C=O) groups excluding carboxylic acids is 1. The maximum Gasteiger partial charge on any atom is 0.303 e. The first kappa shape index (κ1) is 13.0. The van der Waals surface area contributed by atoms with Crippen molar-refractivity contribution < 1.29 is 14.7 Å². The van der Waals surface area contributed by atoms with E-state index in [4.69, 9.17) is 10.8 Å². The number of hydrogen-bond donors (Lipinski definition) is 2. The van der Waals surface area contributed by atoms with E-state index in [-0.39, 0.29) is 12.1 Å². The van der Waals surface area contributed by atoms with Gasteiger partial charge in [0.15, 0.2) is 0 Å². The van der Waals surface area contributed by atoms with Gasteiger partial charge in [0.2, 0.25) is 0 Å². The lowest BCUT2D eigenvalue weighted by molar-refractivity contribution is -0.137. The van der Waals surface area contributed by atoms with Crippen LogP contribution in [0.3, 0.4) is 0 Å². The lowest BCUT2D eigenvalue weighted by Gasteiger charge is -2.17. The molecule has 0 saturated heterocycles. The van der Waals surface area contributed by atoms with Gasteiger partial charge in [-0.1, -0.05) is 6.07 Å². The lowest BCUT2D eigenvalue weighted by atomic mass is 10.3. The Hall–Kier alpha value is -2.11. The molecule has 1 aromatic rings. The summed E-state index contributed by atoms with van der Waals surface area (Å²) in [6.45, 7) is 0.557.